The van der Waals surface area contributed by atoms with Gasteiger partial charge in [-0.3, -0.25) is 4.79 Å². The number of aryl methyl sites for hydroxylation is 2. The van der Waals surface area contributed by atoms with Gasteiger partial charge in [-0.25, -0.2) is 0 Å². The molecule has 3 nitrogen and oxygen atoms in total. The standard InChI is InChI=1S/C19H22N2O/c1-12-11-15(9-10-20-12)19(22)21-17-8-7-14-6-5-13-3-2-4-16(17)18(13)14/h2-4,7-8,12,15,20H,5-6,9-11H2,1H3,(H,21,22)/t12-,15-/m0/s1. The van der Waals surface area contributed by atoms with E-state index >= 15 is 0 Å². The van der Waals surface area contributed by atoms with E-state index in [0.29, 0.717) is 6.04 Å². The first kappa shape index (κ1) is 13.8. The minimum Gasteiger partial charge on any atom is -0.325 e. The van der Waals surface area contributed by atoms with E-state index in [1.807, 2.05) is 0 Å². The second-order valence-corrected chi connectivity index (χ2v) is 6.68. The highest BCUT2D eigenvalue weighted by Crippen LogP contribution is 2.35. The molecule has 0 spiro atoms. The topological polar surface area (TPSA) is 41.1 Å². The Morgan fingerprint density at radius 2 is 2.00 bits per heavy atom. The fourth-order valence-corrected chi connectivity index (χ4v) is 3.96. The van der Waals surface area contributed by atoms with Crippen molar-refractivity contribution >= 4 is 22.4 Å². The second kappa shape index (κ2) is 5.40. The van der Waals surface area contributed by atoms with E-state index < -0.39 is 0 Å². The molecular weight excluding hydrogens is 272 g/mol. The Morgan fingerprint density at radius 1 is 1.18 bits per heavy atom. The molecule has 2 atom stereocenters. The van der Waals surface area contributed by atoms with Crippen molar-refractivity contribution in [3.8, 4) is 0 Å². The zero-order chi connectivity index (χ0) is 15.1. The summed E-state index contributed by atoms with van der Waals surface area (Å²) >= 11 is 0. The van der Waals surface area contributed by atoms with Crippen molar-refractivity contribution in [1.29, 1.82) is 0 Å². The molecule has 1 fully saturated rings. The number of amides is 1. The Bertz CT molecular complexity index is 727. The summed E-state index contributed by atoms with van der Waals surface area (Å²) in [5.74, 6) is 0.298. The maximum Gasteiger partial charge on any atom is 0.227 e. The molecule has 2 aliphatic rings. The number of benzene rings is 2. The average Bonchev–Trinajstić information content (AvgIpc) is 2.95. The average molecular weight is 294 g/mol. The molecule has 2 N–H and O–H groups in total. The molecule has 0 radical (unpaired) electrons. The highest BCUT2D eigenvalue weighted by molar-refractivity contribution is 6.05. The summed E-state index contributed by atoms with van der Waals surface area (Å²) in [7, 11) is 0. The molecular formula is C19H22N2O. The van der Waals surface area contributed by atoms with Crippen molar-refractivity contribution in [2.24, 2.45) is 5.92 Å². The van der Waals surface area contributed by atoms with Crippen LogP contribution in [0.3, 0.4) is 0 Å². The molecule has 1 heterocycles. The Balaban J connectivity index is 1.64. The molecule has 2 aromatic rings. The second-order valence-electron chi connectivity index (χ2n) is 6.68. The van der Waals surface area contributed by atoms with Crippen LogP contribution in [0.4, 0.5) is 5.69 Å². The van der Waals surface area contributed by atoms with Crippen LogP contribution in [0, 0.1) is 5.92 Å². The van der Waals surface area contributed by atoms with Crippen LogP contribution in [0.5, 0.6) is 0 Å². The van der Waals surface area contributed by atoms with Gasteiger partial charge in [-0.1, -0.05) is 24.3 Å². The number of hydrogen-bond acceptors (Lipinski definition) is 2. The van der Waals surface area contributed by atoms with Crippen LogP contribution in [0.25, 0.3) is 10.8 Å². The molecule has 4 rings (SSSR count). The van der Waals surface area contributed by atoms with Gasteiger partial charge in [0, 0.05) is 23.0 Å². The molecule has 22 heavy (non-hydrogen) atoms. The normalized spacial score (nSPS) is 23.7. The van der Waals surface area contributed by atoms with Gasteiger partial charge in [0.15, 0.2) is 0 Å². The zero-order valence-electron chi connectivity index (χ0n) is 13.0. The summed E-state index contributed by atoms with van der Waals surface area (Å²) < 4.78 is 0. The quantitative estimate of drug-likeness (QED) is 0.892. The molecule has 1 aliphatic heterocycles. The fourth-order valence-electron chi connectivity index (χ4n) is 3.96. The lowest BCUT2D eigenvalue weighted by Crippen LogP contribution is -2.40. The van der Waals surface area contributed by atoms with Crippen LogP contribution in [0.1, 0.15) is 30.9 Å². The Kier molecular flexibility index (Phi) is 3.38. The third kappa shape index (κ3) is 2.30. The number of anilines is 1. The zero-order valence-corrected chi connectivity index (χ0v) is 13.0. The van der Waals surface area contributed by atoms with E-state index in [-0.39, 0.29) is 11.8 Å². The van der Waals surface area contributed by atoms with Crippen molar-refractivity contribution in [2.75, 3.05) is 11.9 Å². The first-order valence-corrected chi connectivity index (χ1v) is 8.30. The molecule has 2 aromatic carbocycles. The number of rotatable bonds is 2. The highest BCUT2D eigenvalue weighted by Gasteiger charge is 2.25. The van der Waals surface area contributed by atoms with Crippen molar-refractivity contribution in [3.05, 3.63) is 41.5 Å². The Hall–Kier alpha value is -1.87. The Morgan fingerprint density at radius 3 is 2.82 bits per heavy atom. The minimum absolute atomic E-state index is 0.124. The summed E-state index contributed by atoms with van der Waals surface area (Å²) in [5, 5.41) is 9.15. The summed E-state index contributed by atoms with van der Waals surface area (Å²) in [4.78, 5) is 12.6. The largest absolute Gasteiger partial charge is 0.325 e. The van der Waals surface area contributed by atoms with Gasteiger partial charge in [-0.05, 0) is 61.7 Å². The lowest BCUT2D eigenvalue weighted by Gasteiger charge is -2.27. The van der Waals surface area contributed by atoms with E-state index in [0.717, 1.165) is 37.9 Å². The van der Waals surface area contributed by atoms with Gasteiger partial charge in [-0.2, -0.15) is 0 Å². The van der Waals surface area contributed by atoms with Crippen LogP contribution >= 0.6 is 0 Å². The molecule has 0 aromatic heterocycles. The van der Waals surface area contributed by atoms with Gasteiger partial charge < -0.3 is 10.6 Å². The van der Waals surface area contributed by atoms with E-state index in [2.05, 4.69) is 47.9 Å². The van der Waals surface area contributed by atoms with Crippen LogP contribution in [-0.2, 0) is 17.6 Å². The van der Waals surface area contributed by atoms with Gasteiger partial charge in [0.2, 0.25) is 5.91 Å². The predicted octanol–water partition coefficient (Wildman–Crippen LogP) is 3.27. The SMILES string of the molecule is C[C@H]1C[C@@H](C(=O)Nc2ccc3c4c(cccc24)CC3)CCN1. The maximum atomic E-state index is 12.6. The predicted molar refractivity (Wildman–Crippen MR) is 90.2 cm³/mol. The number of carbonyl (C=O) groups is 1. The summed E-state index contributed by atoms with van der Waals surface area (Å²) in [6, 6.07) is 11.1. The van der Waals surface area contributed by atoms with Crippen LogP contribution in [0.15, 0.2) is 30.3 Å². The molecule has 0 bridgehead atoms. The van der Waals surface area contributed by atoms with Gasteiger partial charge in [0.05, 0.1) is 0 Å². The summed E-state index contributed by atoms with van der Waals surface area (Å²) in [5.41, 5.74) is 3.80. The van der Waals surface area contributed by atoms with Gasteiger partial charge in [0.25, 0.3) is 0 Å². The molecule has 0 saturated carbocycles. The first-order valence-electron chi connectivity index (χ1n) is 8.30. The number of nitrogens with one attached hydrogen (secondary N) is 2. The van der Waals surface area contributed by atoms with Crippen molar-refractivity contribution in [3.63, 3.8) is 0 Å². The monoisotopic (exact) mass is 294 g/mol. The number of hydrogen-bond donors (Lipinski definition) is 2. The Labute approximate surface area is 131 Å². The summed E-state index contributed by atoms with van der Waals surface area (Å²) in [6.45, 7) is 3.08. The maximum absolute atomic E-state index is 12.6. The van der Waals surface area contributed by atoms with Crippen LogP contribution in [0.2, 0.25) is 0 Å². The first-order chi connectivity index (χ1) is 10.7. The number of carbonyl (C=O) groups excluding carboxylic acids is 1. The molecule has 1 amide bonds. The summed E-state index contributed by atoms with van der Waals surface area (Å²) in [6.07, 6.45) is 4.09. The van der Waals surface area contributed by atoms with Crippen molar-refractivity contribution in [2.45, 2.75) is 38.6 Å². The van der Waals surface area contributed by atoms with Crippen molar-refractivity contribution in [1.82, 2.24) is 5.32 Å². The third-order valence-corrected chi connectivity index (χ3v) is 5.13. The third-order valence-electron chi connectivity index (χ3n) is 5.13. The fraction of sp³-hybridized carbons (Fsp3) is 0.421. The van der Waals surface area contributed by atoms with Crippen LogP contribution < -0.4 is 10.6 Å². The van der Waals surface area contributed by atoms with E-state index in [9.17, 15) is 4.79 Å². The van der Waals surface area contributed by atoms with Crippen molar-refractivity contribution < 1.29 is 4.79 Å². The molecule has 1 aliphatic carbocycles. The molecule has 114 valence electrons. The minimum atomic E-state index is 0.124. The van der Waals surface area contributed by atoms with Gasteiger partial charge >= 0.3 is 0 Å². The lowest BCUT2D eigenvalue weighted by atomic mass is 9.92. The van der Waals surface area contributed by atoms with E-state index in [4.69, 9.17) is 0 Å². The molecule has 0 unspecified atom stereocenters. The van der Waals surface area contributed by atoms with Gasteiger partial charge in [0.1, 0.15) is 0 Å². The van der Waals surface area contributed by atoms with E-state index in [1.165, 1.54) is 21.9 Å². The van der Waals surface area contributed by atoms with Crippen LogP contribution in [-0.4, -0.2) is 18.5 Å². The molecule has 3 heteroatoms. The highest BCUT2D eigenvalue weighted by atomic mass is 16.1. The lowest BCUT2D eigenvalue weighted by molar-refractivity contribution is -0.120. The van der Waals surface area contributed by atoms with Gasteiger partial charge in [-0.15, -0.1) is 0 Å². The number of piperidine rings is 1. The van der Waals surface area contributed by atoms with E-state index in [1.54, 1.807) is 0 Å². The molecule has 1 saturated heterocycles. The smallest absolute Gasteiger partial charge is 0.227 e.